The number of nitrogens with zero attached hydrogens (tertiary/aromatic N) is 4. The second-order valence-electron chi connectivity index (χ2n) is 5.07. The molecule has 9 heteroatoms. The number of phenols is 1. The molecule has 3 rings (SSSR count). The van der Waals surface area contributed by atoms with Gasteiger partial charge in [0.15, 0.2) is 11.5 Å². The van der Waals surface area contributed by atoms with Crippen LogP contribution in [0.25, 0.3) is 11.0 Å². The van der Waals surface area contributed by atoms with Gasteiger partial charge in [-0.15, -0.1) is 5.10 Å². The van der Waals surface area contributed by atoms with Gasteiger partial charge in [-0.2, -0.15) is 5.10 Å². The molecular weight excluding hydrogens is 390 g/mol. The number of aromatic nitrogens is 3. The molecule has 128 valence electrons. The Hall–Kier alpha value is -2.94. The first kappa shape index (κ1) is 16.9. The molecule has 1 aromatic heterocycles. The number of nitrogens with one attached hydrogen (secondary N) is 1. The zero-order valence-corrected chi connectivity index (χ0v) is 14.8. The Labute approximate surface area is 151 Å². The summed E-state index contributed by atoms with van der Waals surface area (Å²) in [4.78, 5) is 12.0. The summed E-state index contributed by atoms with van der Waals surface area (Å²) in [6, 6.07) is 10.6. The summed E-state index contributed by atoms with van der Waals surface area (Å²) < 4.78 is 7.26. The lowest BCUT2D eigenvalue weighted by Crippen LogP contribution is -2.23. The first-order valence-electron chi connectivity index (χ1n) is 7.25. The highest BCUT2D eigenvalue weighted by Crippen LogP contribution is 2.32. The monoisotopic (exact) mass is 403 g/mol. The SMILES string of the molecule is COc1cc(Br)cc(C=NNC(=O)Cn2nnc3ccccc32)c1O. The number of ether oxygens (including phenoxy) is 1. The Bertz CT molecular complexity index is 954. The van der Waals surface area contributed by atoms with E-state index in [2.05, 4.69) is 36.8 Å². The van der Waals surface area contributed by atoms with Gasteiger partial charge in [-0.3, -0.25) is 4.79 Å². The zero-order chi connectivity index (χ0) is 17.8. The van der Waals surface area contributed by atoms with Crippen LogP contribution in [0.5, 0.6) is 11.5 Å². The molecule has 0 aliphatic heterocycles. The highest BCUT2D eigenvalue weighted by Gasteiger charge is 2.09. The highest BCUT2D eigenvalue weighted by molar-refractivity contribution is 9.10. The molecule has 1 heterocycles. The van der Waals surface area contributed by atoms with Crippen LogP contribution in [0.3, 0.4) is 0 Å². The van der Waals surface area contributed by atoms with Crippen LogP contribution in [-0.2, 0) is 11.3 Å². The third-order valence-electron chi connectivity index (χ3n) is 3.40. The van der Waals surface area contributed by atoms with Gasteiger partial charge in [0.2, 0.25) is 0 Å². The molecule has 2 N–H and O–H groups in total. The van der Waals surface area contributed by atoms with E-state index in [1.54, 1.807) is 12.1 Å². The van der Waals surface area contributed by atoms with Gasteiger partial charge in [-0.1, -0.05) is 33.3 Å². The van der Waals surface area contributed by atoms with Gasteiger partial charge in [0.1, 0.15) is 12.1 Å². The molecule has 3 aromatic rings. The summed E-state index contributed by atoms with van der Waals surface area (Å²) in [7, 11) is 1.45. The quantitative estimate of drug-likeness (QED) is 0.501. The third-order valence-corrected chi connectivity index (χ3v) is 3.85. The van der Waals surface area contributed by atoms with Crippen LogP contribution in [0.2, 0.25) is 0 Å². The smallest absolute Gasteiger partial charge is 0.261 e. The van der Waals surface area contributed by atoms with Crippen molar-refractivity contribution in [3.05, 3.63) is 46.4 Å². The fourth-order valence-corrected chi connectivity index (χ4v) is 2.68. The average molecular weight is 404 g/mol. The molecule has 0 unspecified atom stereocenters. The zero-order valence-electron chi connectivity index (χ0n) is 13.2. The van der Waals surface area contributed by atoms with E-state index < -0.39 is 0 Å². The van der Waals surface area contributed by atoms with Gasteiger partial charge in [-0.05, 0) is 24.3 Å². The topological polar surface area (TPSA) is 102 Å². The molecule has 0 radical (unpaired) electrons. The second kappa shape index (κ2) is 7.31. The van der Waals surface area contributed by atoms with Crippen molar-refractivity contribution < 1.29 is 14.6 Å². The predicted molar refractivity (Wildman–Crippen MR) is 95.6 cm³/mol. The average Bonchev–Trinajstić information content (AvgIpc) is 3.00. The van der Waals surface area contributed by atoms with Gasteiger partial charge in [0.25, 0.3) is 5.91 Å². The second-order valence-corrected chi connectivity index (χ2v) is 5.99. The molecule has 1 amide bonds. The van der Waals surface area contributed by atoms with Crippen LogP contribution in [-0.4, -0.2) is 39.3 Å². The number of hydrogen-bond acceptors (Lipinski definition) is 6. The number of methoxy groups -OCH3 is 1. The van der Waals surface area contributed by atoms with Crippen LogP contribution < -0.4 is 10.2 Å². The predicted octanol–water partition coefficient (Wildman–Crippen LogP) is 2.06. The van der Waals surface area contributed by atoms with E-state index in [1.165, 1.54) is 18.0 Å². The molecule has 0 saturated carbocycles. The number of para-hydroxylation sites is 1. The minimum absolute atomic E-state index is 0.0222. The maximum Gasteiger partial charge on any atom is 0.261 e. The molecule has 0 saturated heterocycles. The van der Waals surface area contributed by atoms with Gasteiger partial charge in [0.05, 0.1) is 18.8 Å². The lowest BCUT2D eigenvalue weighted by Gasteiger charge is -2.06. The third kappa shape index (κ3) is 3.77. The van der Waals surface area contributed by atoms with Gasteiger partial charge in [0, 0.05) is 10.0 Å². The van der Waals surface area contributed by atoms with E-state index in [0.717, 1.165) is 5.52 Å². The number of rotatable bonds is 5. The Balaban J connectivity index is 1.68. The minimum Gasteiger partial charge on any atom is -0.504 e. The van der Waals surface area contributed by atoms with Crippen molar-refractivity contribution in [3.63, 3.8) is 0 Å². The summed E-state index contributed by atoms with van der Waals surface area (Å²) in [5.74, 6) is -0.129. The molecule has 0 atom stereocenters. The standard InChI is InChI=1S/C16H14BrN5O3/c1-25-14-7-11(17)6-10(16(14)24)8-18-20-15(23)9-22-13-5-3-2-4-12(13)19-21-22/h2-8,24H,9H2,1H3,(H,20,23). The number of aromatic hydroxyl groups is 1. The van der Waals surface area contributed by atoms with Crippen LogP contribution in [0.1, 0.15) is 5.56 Å². The largest absolute Gasteiger partial charge is 0.504 e. The number of fused-ring (bicyclic) bond motifs is 1. The van der Waals surface area contributed by atoms with Gasteiger partial charge >= 0.3 is 0 Å². The van der Waals surface area contributed by atoms with E-state index in [0.29, 0.717) is 21.3 Å². The van der Waals surface area contributed by atoms with Crippen LogP contribution in [0.4, 0.5) is 0 Å². The van der Waals surface area contributed by atoms with Crippen LogP contribution in [0, 0.1) is 0 Å². The summed E-state index contributed by atoms with van der Waals surface area (Å²) >= 11 is 3.31. The molecule has 0 fully saturated rings. The number of halogens is 1. The number of benzene rings is 2. The maximum atomic E-state index is 12.0. The number of phenolic OH excluding ortho intramolecular Hbond substituents is 1. The summed E-state index contributed by atoms with van der Waals surface area (Å²) in [6.45, 7) is -0.0222. The van der Waals surface area contributed by atoms with Gasteiger partial charge in [-0.25, -0.2) is 10.1 Å². The molecule has 0 aliphatic carbocycles. The molecule has 0 bridgehead atoms. The van der Waals surface area contributed by atoms with Crippen molar-refractivity contribution >= 4 is 39.1 Å². The first-order chi connectivity index (χ1) is 12.1. The Morgan fingerprint density at radius 3 is 3.04 bits per heavy atom. The van der Waals surface area contributed by atoms with Crippen LogP contribution in [0.15, 0.2) is 46.0 Å². The molecule has 0 spiro atoms. The lowest BCUT2D eigenvalue weighted by molar-refractivity contribution is -0.121. The number of hydrogen-bond donors (Lipinski definition) is 2. The number of hydrazone groups is 1. The van der Waals surface area contributed by atoms with Gasteiger partial charge < -0.3 is 9.84 Å². The van der Waals surface area contributed by atoms with Crippen molar-refractivity contribution in [2.75, 3.05) is 7.11 Å². The van der Waals surface area contributed by atoms with E-state index in [-0.39, 0.29) is 18.2 Å². The minimum atomic E-state index is -0.367. The number of carbonyl (C=O) groups excluding carboxylic acids is 1. The van der Waals surface area contributed by atoms with Crippen LogP contribution >= 0.6 is 15.9 Å². The Kier molecular flexibility index (Phi) is 4.94. The fourth-order valence-electron chi connectivity index (χ4n) is 2.23. The molecule has 2 aromatic carbocycles. The highest BCUT2D eigenvalue weighted by atomic mass is 79.9. The molecule has 8 nitrogen and oxygen atoms in total. The molecule has 0 aliphatic rings. The summed E-state index contributed by atoms with van der Waals surface area (Å²) in [6.07, 6.45) is 1.33. The fraction of sp³-hybridized carbons (Fsp3) is 0.125. The first-order valence-corrected chi connectivity index (χ1v) is 8.04. The molecular formula is C16H14BrN5O3. The number of amides is 1. The van der Waals surface area contributed by atoms with E-state index in [4.69, 9.17) is 4.74 Å². The maximum absolute atomic E-state index is 12.0. The van der Waals surface area contributed by atoms with E-state index in [9.17, 15) is 9.90 Å². The molecule has 25 heavy (non-hydrogen) atoms. The van der Waals surface area contributed by atoms with Crippen molar-refractivity contribution in [2.24, 2.45) is 5.10 Å². The Morgan fingerprint density at radius 2 is 2.24 bits per heavy atom. The Morgan fingerprint density at radius 1 is 1.44 bits per heavy atom. The lowest BCUT2D eigenvalue weighted by atomic mass is 10.2. The van der Waals surface area contributed by atoms with Crippen molar-refractivity contribution in [2.45, 2.75) is 6.54 Å². The summed E-state index contributed by atoms with van der Waals surface area (Å²) in [5.41, 5.74) is 4.27. The summed E-state index contributed by atoms with van der Waals surface area (Å²) in [5, 5.41) is 21.8. The van der Waals surface area contributed by atoms with Crippen molar-refractivity contribution in [1.82, 2.24) is 20.4 Å². The normalized spacial score (nSPS) is 11.1. The van der Waals surface area contributed by atoms with Crippen molar-refractivity contribution in [1.29, 1.82) is 0 Å². The van der Waals surface area contributed by atoms with Crippen molar-refractivity contribution in [3.8, 4) is 11.5 Å². The number of carbonyl (C=O) groups is 1. The van der Waals surface area contributed by atoms with E-state index in [1.807, 2.05) is 24.3 Å². The van der Waals surface area contributed by atoms with E-state index >= 15 is 0 Å².